The maximum absolute atomic E-state index is 5.34. The molecule has 1 saturated carbocycles. The highest BCUT2D eigenvalue weighted by Crippen LogP contribution is 2.31. The van der Waals surface area contributed by atoms with Gasteiger partial charge in [0.25, 0.3) is 0 Å². The van der Waals surface area contributed by atoms with Crippen LogP contribution in [0.2, 0.25) is 0 Å². The number of hydrogen-bond donors (Lipinski definition) is 1. The molecule has 5 heteroatoms. The van der Waals surface area contributed by atoms with E-state index in [0.29, 0.717) is 0 Å². The van der Waals surface area contributed by atoms with E-state index in [9.17, 15) is 0 Å². The predicted octanol–water partition coefficient (Wildman–Crippen LogP) is 2.79. The lowest BCUT2D eigenvalue weighted by molar-refractivity contribution is 0.361. The summed E-state index contributed by atoms with van der Waals surface area (Å²) in [5.74, 6) is 3.42. The molecule has 0 radical (unpaired) electrons. The molecule has 1 aliphatic heterocycles. The third kappa shape index (κ3) is 3.96. The van der Waals surface area contributed by atoms with E-state index < -0.39 is 0 Å². The number of nitrogens with one attached hydrogen (secondary N) is 1. The minimum absolute atomic E-state index is 0.795. The zero-order valence-corrected chi connectivity index (χ0v) is 12.3. The molecular formula is C14H23N3OS. The van der Waals surface area contributed by atoms with Crippen molar-refractivity contribution in [2.75, 3.05) is 13.1 Å². The molecule has 1 saturated heterocycles. The molecule has 2 aliphatic rings. The van der Waals surface area contributed by atoms with Gasteiger partial charge < -0.3 is 9.84 Å². The van der Waals surface area contributed by atoms with Crippen LogP contribution in [0.3, 0.4) is 0 Å². The number of nitrogens with zero attached hydrogens (tertiary/aromatic N) is 2. The Morgan fingerprint density at radius 3 is 2.95 bits per heavy atom. The molecule has 0 bridgehead atoms. The Bertz CT molecular complexity index is 349. The molecule has 1 unspecified atom stereocenters. The fraction of sp³-hybridized carbons (Fsp3) is 0.857. The van der Waals surface area contributed by atoms with Crippen molar-refractivity contribution >= 4 is 11.8 Å². The second-order valence-corrected chi connectivity index (χ2v) is 7.01. The van der Waals surface area contributed by atoms with Crippen molar-refractivity contribution in [3.8, 4) is 0 Å². The Morgan fingerprint density at radius 1 is 1.26 bits per heavy atom. The summed E-state index contributed by atoms with van der Waals surface area (Å²) in [7, 11) is 0. The Balaban J connectivity index is 1.40. The summed E-state index contributed by atoms with van der Waals surface area (Å²) in [5.41, 5.74) is 0. The molecule has 3 rings (SSSR count). The highest BCUT2D eigenvalue weighted by Gasteiger charge is 2.18. The summed E-state index contributed by atoms with van der Waals surface area (Å²) < 4.78 is 5.34. The second kappa shape index (κ2) is 6.75. The summed E-state index contributed by atoms with van der Waals surface area (Å²) in [6.45, 7) is 2.32. The molecule has 1 aliphatic carbocycles. The van der Waals surface area contributed by atoms with Crippen molar-refractivity contribution < 1.29 is 4.52 Å². The van der Waals surface area contributed by atoms with Crippen LogP contribution in [0, 0.1) is 5.92 Å². The van der Waals surface area contributed by atoms with Gasteiger partial charge in [-0.1, -0.05) is 18.0 Å². The fourth-order valence-electron chi connectivity index (χ4n) is 2.99. The predicted molar refractivity (Wildman–Crippen MR) is 77.1 cm³/mol. The lowest BCUT2D eigenvalue weighted by Crippen LogP contribution is -2.09. The average Bonchev–Trinajstić information content (AvgIpc) is 3.16. The van der Waals surface area contributed by atoms with E-state index in [-0.39, 0.29) is 0 Å². The lowest BCUT2D eigenvalue weighted by atomic mass is 10.0. The summed E-state index contributed by atoms with van der Waals surface area (Å²) in [5, 5.41) is 8.32. The van der Waals surface area contributed by atoms with Crippen LogP contribution in [0.1, 0.15) is 50.2 Å². The van der Waals surface area contributed by atoms with E-state index in [1.165, 1.54) is 38.5 Å². The van der Waals surface area contributed by atoms with Gasteiger partial charge in [-0.2, -0.15) is 16.7 Å². The molecule has 0 spiro atoms. The van der Waals surface area contributed by atoms with Gasteiger partial charge in [0, 0.05) is 11.7 Å². The number of thioether (sulfide) groups is 1. The maximum atomic E-state index is 5.34. The van der Waals surface area contributed by atoms with E-state index in [2.05, 4.69) is 15.5 Å². The molecular weight excluding hydrogens is 258 g/mol. The van der Waals surface area contributed by atoms with Crippen LogP contribution in [-0.4, -0.2) is 28.5 Å². The van der Waals surface area contributed by atoms with Gasteiger partial charge in [-0.15, -0.1) is 0 Å². The standard InChI is InChI=1S/C14H23N3OS/c1-2-4-12(3-1)19-10-13-16-14(18-17-13)6-5-11-7-8-15-9-11/h11-12,15H,1-10H2. The van der Waals surface area contributed by atoms with Crippen LogP contribution in [0.25, 0.3) is 0 Å². The lowest BCUT2D eigenvalue weighted by Gasteiger charge is -2.05. The van der Waals surface area contributed by atoms with E-state index in [4.69, 9.17) is 4.52 Å². The van der Waals surface area contributed by atoms with Crippen molar-refractivity contribution in [1.82, 2.24) is 15.5 Å². The molecule has 19 heavy (non-hydrogen) atoms. The van der Waals surface area contributed by atoms with Crippen LogP contribution in [0.15, 0.2) is 4.52 Å². The minimum Gasteiger partial charge on any atom is -0.339 e. The van der Waals surface area contributed by atoms with Crippen LogP contribution in [0.4, 0.5) is 0 Å². The first-order valence-corrected chi connectivity index (χ1v) is 8.59. The SMILES string of the molecule is C1CCC(SCc2noc(CCC3CCNC3)n2)C1. The summed E-state index contributed by atoms with van der Waals surface area (Å²) in [4.78, 5) is 4.51. The van der Waals surface area contributed by atoms with Crippen molar-refractivity contribution in [2.24, 2.45) is 5.92 Å². The maximum Gasteiger partial charge on any atom is 0.226 e. The monoisotopic (exact) mass is 281 g/mol. The molecule has 4 nitrogen and oxygen atoms in total. The smallest absolute Gasteiger partial charge is 0.226 e. The van der Waals surface area contributed by atoms with Gasteiger partial charge in [0.05, 0.1) is 5.75 Å². The van der Waals surface area contributed by atoms with Crippen molar-refractivity contribution in [1.29, 1.82) is 0 Å². The van der Waals surface area contributed by atoms with Crippen LogP contribution in [-0.2, 0) is 12.2 Å². The molecule has 2 heterocycles. The topological polar surface area (TPSA) is 51.0 Å². The average molecular weight is 281 g/mol. The van der Waals surface area contributed by atoms with Gasteiger partial charge in [-0.05, 0) is 44.7 Å². The van der Waals surface area contributed by atoms with E-state index in [0.717, 1.165) is 48.1 Å². The Labute approximate surface area is 119 Å². The van der Waals surface area contributed by atoms with Gasteiger partial charge in [-0.25, -0.2) is 0 Å². The molecule has 1 N–H and O–H groups in total. The first-order chi connectivity index (χ1) is 9.40. The molecule has 106 valence electrons. The third-order valence-electron chi connectivity index (χ3n) is 4.19. The van der Waals surface area contributed by atoms with Crippen LogP contribution >= 0.6 is 11.8 Å². The fourth-order valence-corrected chi connectivity index (χ4v) is 4.15. The summed E-state index contributed by atoms with van der Waals surface area (Å²) in [6, 6.07) is 0. The zero-order chi connectivity index (χ0) is 12.9. The molecule has 2 fully saturated rings. The number of aryl methyl sites for hydroxylation is 1. The normalized spacial score (nSPS) is 24.3. The third-order valence-corrected chi connectivity index (χ3v) is 5.56. The first kappa shape index (κ1) is 13.4. The van der Waals surface area contributed by atoms with Crippen LogP contribution in [0.5, 0.6) is 0 Å². The first-order valence-electron chi connectivity index (χ1n) is 7.54. The molecule has 1 aromatic heterocycles. The largest absolute Gasteiger partial charge is 0.339 e. The number of aromatic nitrogens is 2. The van der Waals surface area contributed by atoms with Gasteiger partial charge in [-0.3, -0.25) is 0 Å². The Hall–Kier alpha value is -0.550. The van der Waals surface area contributed by atoms with Gasteiger partial charge >= 0.3 is 0 Å². The molecule has 0 aromatic carbocycles. The van der Waals surface area contributed by atoms with Gasteiger partial charge in [0.15, 0.2) is 5.82 Å². The van der Waals surface area contributed by atoms with E-state index in [1.807, 2.05) is 11.8 Å². The van der Waals surface area contributed by atoms with E-state index in [1.54, 1.807) is 0 Å². The minimum atomic E-state index is 0.795. The summed E-state index contributed by atoms with van der Waals surface area (Å²) >= 11 is 2.00. The summed E-state index contributed by atoms with van der Waals surface area (Å²) in [6.07, 6.45) is 8.92. The second-order valence-electron chi connectivity index (χ2n) is 5.72. The Kier molecular flexibility index (Phi) is 4.77. The van der Waals surface area contributed by atoms with Crippen LogP contribution < -0.4 is 5.32 Å². The van der Waals surface area contributed by atoms with Crippen molar-refractivity contribution in [2.45, 2.75) is 55.9 Å². The molecule has 0 amide bonds. The number of rotatable bonds is 6. The van der Waals surface area contributed by atoms with Crippen molar-refractivity contribution in [3.05, 3.63) is 11.7 Å². The van der Waals surface area contributed by atoms with Crippen molar-refractivity contribution in [3.63, 3.8) is 0 Å². The highest BCUT2D eigenvalue weighted by molar-refractivity contribution is 7.99. The molecule has 1 aromatic rings. The highest BCUT2D eigenvalue weighted by atomic mass is 32.2. The van der Waals surface area contributed by atoms with Gasteiger partial charge in [0.2, 0.25) is 5.89 Å². The zero-order valence-electron chi connectivity index (χ0n) is 11.4. The van der Waals surface area contributed by atoms with E-state index >= 15 is 0 Å². The molecule has 1 atom stereocenters. The Morgan fingerprint density at radius 2 is 2.16 bits per heavy atom. The quantitative estimate of drug-likeness (QED) is 0.869. The number of hydrogen-bond acceptors (Lipinski definition) is 5. The van der Waals surface area contributed by atoms with Gasteiger partial charge in [0.1, 0.15) is 0 Å².